The van der Waals surface area contributed by atoms with Crippen LogP contribution >= 0.6 is 0 Å². The van der Waals surface area contributed by atoms with Gasteiger partial charge in [-0.1, -0.05) is 48.5 Å². The highest BCUT2D eigenvalue weighted by Crippen LogP contribution is 2.33. The summed E-state index contributed by atoms with van der Waals surface area (Å²) in [4.78, 5) is 25.7. The molecule has 1 amide bonds. The number of alkyl halides is 3. The average molecular weight is 457 g/mol. The molecule has 1 aliphatic heterocycles. The lowest BCUT2D eigenvalue weighted by Gasteiger charge is -2.26. The van der Waals surface area contributed by atoms with Crippen LogP contribution in [0.1, 0.15) is 17.2 Å². The summed E-state index contributed by atoms with van der Waals surface area (Å²) in [7, 11) is 0. The first-order valence-corrected chi connectivity index (χ1v) is 9.93. The number of nitrogens with one attached hydrogen (secondary N) is 1. The van der Waals surface area contributed by atoms with Gasteiger partial charge in [-0.3, -0.25) is 4.79 Å². The molecule has 0 aromatic heterocycles. The Labute approximate surface area is 186 Å². The molecule has 0 fully saturated rings. The lowest BCUT2D eigenvalue weighted by molar-refractivity contribution is -0.164. The van der Waals surface area contributed by atoms with Crippen molar-refractivity contribution in [2.75, 3.05) is 11.9 Å². The Hall–Kier alpha value is -4.01. The zero-order chi connectivity index (χ0) is 23.4. The van der Waals surface area contributed by atoms with E-state index in [1.54, 1.807) is 54.6 Å². The molecule has 6 nitrogen and oxygen atoms in total. The van der Waals surface area contributed by atoms with Crippen molar-refractivity contribution in [3.05, 3.63) is 90.0 Å². The standard InChI is InChI=1S/C24H18F3NO5/c25-24(26,27)16-9-6-10-17(13-16)28-22(29)21(15-7-2-1-3-8-15)33-23(30)20-14-31-18-11-4-5-12-19(18)32-20/h1-13,20-21H,14H2,(H,28,29)/t20-,21+/m0/s1. The molecule has 33 heavy (non-hydrogen) atoms. The first kappa shape index (κ1) is 22.2. The fourth-order valence-electron chi connectivity index (χ4n) is 3.21. The minimum atomic E-state index is -4.57. The molecule has 3 aromatic rings. The zero-order valence-electron chi connectivity index (χ0n) is 17.0. The topological polar surface area (TPSA) is 73.9 Å². The molecule has 0 saturated carbocycles. The van der Waals surface area contributed by atoms with Gasteiger partial charge in [0.2, 0.25) is 12.2 Å². The van der Waals surface area contributed by atoms with Gasteiger partial charge in [0.05, 0.1) is 5.56 Å². The fraction of sp³-hybridized carbons (Fsp3) is 0.167. The van der Waals surface area contributed by atoms with Gasteiger partial charge in [0.1, 0.15) is 6.61 Å². The summed E-state index contributed by atoms with van der Waals surface area (Å²) in [6, 6.07) is 19.1. The van der Waals surface area contributed by atoms with Crippen LogP contribution in [-0.2, 0) is 20.5 Å². The molecule has 0 spiro atoms. The SMILES string of the molecule is O=C(O[C@@H](C(=O)Nc1cccc(C(F)(F)F)c1)c1ccccc1)[C@@H]1COc2ccccc2O1. The van der Waals surface area contributed by atoms with Gasteiger partial charge in [-0.25, -0.2) is 4.79 Å². The maximum Gasteiger partial charge on any atom is 0.416 e. The molecule has 2 atom stereocenters. The molecule has 170 valence electrons. The normalized spacial score (nSPS) is 15.9. The predicted octanol–water partition coefficient (Wildman–Crippen LogP) is 4.77. The third-order valence-electron chi connectivity index (χ3n) is 4.80. The van der Waals surface area contributed by atoms with Crippen molar-refractivity contribution >= 4 is 17.6 Å². The maximum atomic E-state index is 13.0. The van der Waals surface area contributed by atoms with Crippen molar-refractivity contribution in [3.8, 4) is 11.5 Å². The van der Waals surface area contributed by atoms with E-state index in [-0.39, 0.29) is 12.3 Å². The molecule has 0 unspecified atom stereocenters. The Kier molecular flexibility index (Phi) is 6.21. The van der Waals surface area contributed by atoms with E-state index < -0.39 is 35.8 Å². The van der Waals surface area contributed by atoms with Crippen molar-refractivity contribution < 1.29 is 37.0 Å². The van der Waals surface area contributed by atoms with Crippen molar-refractivity contribution in [3.63, 3.8) is 0 Å². The maximum absolute atomic E-state index is 13.0. The highest BCUT2D eigenvalue weighted by atomic mass is 19.4. The van der Waals surface area contributed by atoms with Gasteiger partial charge in [0.15, 0.2) is 11.5 Å². The highest BCUT2D eigenvalue weighted by Gasteiger charge is 2.34. The van der Waals surface area contributed by atoms with E-state index in [1.807, 2.05) is 0 Å². The van der Waals surface area contributed by atoms with Crippen LogP contribution in [0.25, 0.3) is 0 Å². The van der Waals surface area contributed by atoms with Gasteiger partial charge < -0.3 is 19.5 Å². The average Bonchev–Trinajstić information content (AvgIpc) is 2.82. The number of carbonyl (C=O) groups is 2. The molecular formula is C24H18F3NO5. The zero-order valence-corrected chi connectivity index (χ0v) is 17.0. The minimum Gasteiger partial charge on any atom is -0.485 e. The number of benzene rings is 3. The summed E-state index contributed by atoms with van der Waals surface area (Å²) in [6.45, 7) is -0.118. The summed E-state index contributed by atoms with van der Waals surface area (Å²) in [5.41, 5.74) is -0.662. The largest absolute Gasteiger partial charge is 0.485 e. The van der Waals surface area contributed by atoms with Crippen LogP contribution in [0, 0.1) is 0 Å². The van der Waals surface area contributed by atoms with E-state index in [0.29, 0.717) is 17.1 Å². The highest BCUT2D eigenvalue weighted by molar-refractivity contribution is 5.96. The number of halogens is 3. The number of hydrogen-bond donors (Lipinski definition) is 1. The Balaban J connectivity index is 1.53. The second kappa shape index (κ2) is 9.23. The van der Waals surface area contributed by atoms with Gasteiger partial charge >= 0.3 is 12.1 Å². The molecule has 0 bridgehead atoms. The second-order valence-corrected chi connectivity index (χ2v) is 7.16. The monoisotopic (exact) mass is 457 g/mol. The van der Waals surface area contributed by atoms with Crippen LogP contribution in [0.5, 0.6) is 11.5 Å². The van der Waals surface area contributed by atoms with Gasteiger partial charge in [0.25, 0.3) is 5.91 Å². The number of hydrogen-bond acceptors (Lipinski definition) is 5. The van der Waals surface area contributed by atoms with Gasteiger partial charge in [-0.2, -0.15) is 13.2 Å². The van der Waals surface area contributed by atoms with Gasteiger partial charge in [-0.15, -0.1) is 0 Å². The summed E-state index contributed by atoms with van der Waals surface area (Å²) in [6.07, 6.45) is -7.11. The van der Waals surface area contributed by atoms with E-state index in [1.165, 1.54) is 12.1 Å². The Morgan fingerprint density at radius 2 is 1.64 bits per heavy atom. The van der Waals surface area contributed by atoms with Crippen LogP contribution < -0.4 is 14.8 Å². The molecule has 1 N–H and O–H groups in total. The number of esters is 1. The minimum absolute atomic E-state index is 0.0852. The number of fused-ring (bicyclic) bond motifs is 1. The molecule has 1 aliphatic rings. The predicted molar refractivity (Wildman–Crippen MR) is 112 cm³/mol. The van der Waals surface area contributed by atoms with E-state index in [9.17, 15) is 22.8 Å². The summed E-state index contributed by atoms with van der Waals surface area (Å²) in [5.74, 6) is -0.831. The lowest BCUT2D eigenvalue weighted by atomic mass is 10.1. The number of anilines is 1. The number of carbonyl (C=O) groups excluding carboxylic acids is 2. The van der Waals surface area contributed by atoms with Crippen molar-refractivity contribution in [1.29, 1.82) is 0 Å². The molecule has 0 saturated heterocycles. The summed E-state index contributed by atoms with van der Waals surface area (Å²) >= 11 is 0. The van der Waals surface area contributed by atoms with E-state index in [0.717, 1.165) is 12.1 Å². The molecular weight excluding hydrogens is 439 g/mol. The van der Waals surface area contributed by atoms with E-state index in [4.69, 9.17) is 14.2 Å². The van der Waals surface area contributed by atoms with Crippen molar-refractivity contribution in [2.45, 2.75) is 18.4 Å². The van der Waals surface area contributed by atoms with Crippen molar-refractivity contribution in [2.24, 2.45) is 0 Å². The molecule has 1 heterocycles. The Morgan fingerprint density at radius 3 is 2.36 bits per heavy atom. The van der Waals surface area contributed by atoms with Crippen LogP contribution in [0.4, 0.5) is 18.9 Å². The summed E-state index contributed by atoms with van der Waals surface area (Å²) in [5, 5.41) is 2.39. The smallest absolute Gasteiger partial charge is 0.416 e. The Bertz CT molecular complexity index is 1150. The first-order chi connectivity index (χ1) is 15.8. The van der Waals surface area contributed by atoms with Gasteiger partial charge in [-0.05, 0) is 30.3 Å². The van der Waals surface area contributed by atoms with Gasteiger partial charge in [0, 0.05) is 11.3 Å². The number of ether oxygens (including phenoxy) is 3. The van der Waals surface area contributed by atoms with Crippen LogP contribution in [0.3, 0.4) is 0 Å². The molecule has 0 aliphatic carbocycles. The van der Waals surface area contributed by atoms with E-state index in [2.05, 4.69) is 5.32 Å². The molecule has 9 heteroatoms. The van der Waals surface area contributed by atoms with Crippen molar-refractivity contribution in [1.82, 2.24) is 0 Å². The third kappa shape index (κ3) is 5.25. The number of amides is 1. The number of rotatable bonds is 5. The van der Waals surface area contributed by atoms with Crippen LogP contribution in [0.2, 0.25) is 0 Å². The fourth-order valence-corrected chi connectivity index (χ4v) is 3.21. The molecule has 3 aromatic carbocycles. The van der Waals surface area contributed by atoms with E-state index >= 15 is 0 Å². The summed E-state index contributed by atoms with van der Waals surface area (Å²) < 4.78 is 55.6. The van der Waals surface area contributed by atoms with Crippen LogP contribution in [-0.4, -0.2) is 24.6 Å². The first-order valence-electron chi connectivity index (χ1n) is 9.93. The number of para-hydroxylation sites is 2. The third-order valence-corrected chi connectivity index (χ3v) is 4.80. The Morgan fingerprint density at radius 1 is 0.939 bits per heavy atom. The second-order valence-electron chi connectivity index (χ2n) is 7.16. The van der Waals surface area contributed by atoms with Crippen LogP contribution in [0.15, 0.2) is 78.9 Å². The molecule has 0 radical (unpaired) electrons. The quantitative estimate of drug-likeness (QED) is 0.559. The lowest BCUT2D eigenvalue weighted by Crippen LogP contribution is -2.39. The molecule has 4 rings (SSSR count).